The van der Waals surface area contributed by atoms with E-state index >= 15 is 0 Å². The second-order valence-electron chi connectivity index (χ2n) is 8.61. The van der Waals surface area contributed by atoms with E-state index in [0.717, 1.165) is 39.3 Å². The summed E-state index contributed by atoms with van der Waals surface area (Å²) in [6.07, 6.45) is 0.780. The number of imide groups is 1. The molecule has 0 radical (unpaired) electrons. The number of aromatic nitrogens is 1. The zero-order chi connectivity index (χ0) is 26.3. The van der Waals surface area contributed by atoms with E-state index in [2.05, 4.69) is 10.2 Å². The number of carbonyl (C=O) groups is 4. The lowest BCUT2D eigenvalue weighted by Crippen LogP contribution is -2.33. The van der Waals surface area contributed by atoms with Gasteiger partial charge in [0, 0.05) is 48.4 Å². The number of amides is 3. The van der Waals surface area contributed by atoms with E-state index < -0.39 is 29.7 Å². The average Bonchev–Trinajstić information content (AvgIpc) is 3.44. The predicted octanol–water partition coefficient (Wildman–Crippen LogP) is 2.61. The highest BCUT2D eigenvalue weighted by molar-refractivity contribution is 6.13. The zero-order valence-electron chi connectivity index (χ0n) is 19.2. The van der Waals surface area contributed by atoms with Crippen LogP contribution < -0.4 is 10.2 Å². The SMILES string of the molecule is O=C(CCN1C(=O)C=CC1=O)Nc1ccc2c(c1)C(Cc1cc(O)n(OC(=O)O)c1O)c1ccccc1-2. The molecule has 3 amide bonds. The molecule has 1 aromatic heterocycles. The largest absolute Gasteiger partial charge is 0.531 e. The molecule has 0 fully saturated rings. The van der Waals surface area contributed by atoms with Gasteiger partial charge in [0.25, 0.3) is 11.8 Å². The summed E-state index contributed by atoms with van der Waals surface area (Å²) < 4.78 is 0.432. The Balaban J connectivity index is 1.38. The summed E-state index contributed by atoms with van der Waals surface area (Å²) >= 11 is 0. The molecule has 1 unspecified atom stereocenters. The van der Waals surface area contributed by atoms with E-state index in [-0.39, 0.29) is 36.8 Å². The summed E-state index contributed by atoms with van der Waals surface area (Å²) in [7, 11) is 0. The lowest BCUT2D eigenvalue weighted by molar-refractivity contribution is -0.137. The number of nitrogens with zero attached hydrogens (tertiary/aromatic N) is 2. The van der Waals surface area contributed by atoms with Crippen LogP contribution in [0.25, 0.3) is 11.1 Å². The number of aromatic hydroxyl groups is 2. The third kappa shape index (κ3) is 4.38. The first kappa shape index (κ1) is 23.7. The fourth-order valence-electron chi connectivity index (χ4n) is 4.75. The number of anilines is 1. The molecular weight excluding hydrogens is 482 g/mol. The molecule has 1 atom stereocenters. The van der Waals surface area contributed by atoms with Gasteiger partial charge in [-0.2, -0.15) is 0 Å². The Morgan fingerprint density at radius 1 is 0.946 bits per heavy atom. The monoisotopic (exact) mass is 503 g/mol. The highest BCUT2D eigenvalue weighted by Gasteiger charge is 2.31. The van der Waals surface area contributed by atoms with E-state index in [9.17, 15) is 29.4 Å². The molecule has 37 heavy (non-hydrogen) atoms. The highest BCUT2D eigenvalue weighted by atomic mass is 16.8. The smallest absolute Gasteiger partial charge is 0.492 e. The molecule has 2 heterocycles. The number of benzene rings is 2. The van der Waals surface area contributed by atoms with E-state index in [1.54, 1.807) is 6.07 Å². The average molecular weight is 503 g/mol. The van der Waals surface area contributed by atoms with Crippen LogP contribution in [0.3, 0.4) is 0 Å². The van der Waals surface area contributed by atoms with Crippen LogP contribution in [0, 0.1) is 0 Å². The maximum absolute atomic E-state index is 12.5. The number of hydrogen-bond acceptors (Lipinski definition) is 7. The Hall–Kier alpha value is -5.06. The second kappa shape index (κ2) is 9.19. The first-order valence-corrected chi connectivity index (χ1v) is 11.3. The normalized spacial score (nSPS) is 15.6. The number of nitrogens with one attached hydrogen (secondary N) is 1. The Morgan fingerprint density at radius 2 is 1.65 bits per heavy atom. The van der Waals surface area contributed by atoms with Crippen molar-refractivity contribution in [2.24, 2.45) is 0 Å². The predicted molar refractivity (Wildman–Crippen MR) is 129 cm³/mol. The maximum Gasteiger partial charge on any atom is 0.531 e. The lowest BCUT2D eigenvalue weighted by atomic mass is 9.90. The molecule has 2 aliphatic rings. The standard InChI is InChI=1S/C26H21N3O8/c30-21(9-10-28-22(31)7-8-23(28)32)27-15-5-6-18-16-3-1-2-4-17(16)19(20(18)13-15)11-14-12-24(33)29(25(14)34)37-26(35)36/h1-8,12-13,19,33-34H,9-11H2,(H,27,30)(H,35,36). The molecule has 3 aromatic rings. The van der Waals surface area contributed by atoms with Gasteiger partial charge in [-0.05, 0) is 40.8 Å². The van der Waals surface area contributed by atoms with Gasteiger partial charge in [0.2, 0.25) is 17.7 Å². The van der Waals surface area contributed by atoms with E-state index in [4.69, 9.17) is 5.11 Å². The third-order valence-electron chi connectivity index (χ3n) is 6.38. The van der Waals surface area contributed by atoms with Crippen molar-refractivity contribution in [2.75, 3.05) is 11.9 Å². The van der Waals surface area contributed by atoms with Crippen molar-refractivity contribution in [3.05, 3.63) is 77.4 Å². The minimum Gasteiger partial charge on any atom is -0.492 e. The molecule has 2 aromatic carbocycles. The summed E-state index contributed by atoms with van der Waals surface area (Å²) in [5.74, 6) is -2.64. The van der Waals surface area contributed by atoms with Gasteiger partial charge in [-0.25, -0.2) is 4.79 Å². The first-order chi connectivity index (χ1) is 17.7. The minimum absolute atomic E-state index is 0.0340. The second-order valence-corrected chi connectivity index (χ2v) is 8.61. The quantitative estimate of drug-likeness (QED) is 0.358. The first-order valence-electron chi connectivity index (χ1n) is 11.3. The molecular formula is C26H21N3O8. The van der Waals surface area contributed by atoms with Crippen LogP contribution in [0.15, 0.2) is 60.7 Å². The number of carboxylic acid groups (broad SMARTS) is 1. The molecule has 0 saturated carbocycles. The molecule has 1 aliphatic heterocycles. The highest BCUT2D eigenvalue weighted by Crippen LogP contribution is 2.48. The molecule has 11 nitrogen and oxygen atoms in total. The third-order valence-corrected chi connectivity index (χ3v) is 6.38. The lowest BCUT2D eigenvalue weighted by Gasteiger charge is -2.15. The van der Waals surface area contributed by atoms with Crippen molar-refractivity contribution < 1.29 is 39.3 Å². The summed E-state index contributed by atoms with van der Waals surface area (Å²) in [5.41, 5.74) is 4.52. The van der Waals surface area contributed by atoms with Gasteiger partial charge in [0.1, 0.15) is 0 Å². The van der Waals surface area contributed by atoms with Gasteiger partial charge in [-0.3, -0.25) is 24.1 Å². The Kier molecular flexibility index (Phi) is 5.88. The maximum atomic E-state index is 12.5. The van der Waals surface area contributed by atoms with E-state index in [0.29, 0.717) is 10.4 Å². The molecule has 1 aliphatic carbocycles. The van der Waals surface area contributed by atoms with Gasteiger partial charge in [-0.15, -0.1) is 4.73 Å². The minimum atomic E-state index is -1.69. The van der Waals surface area contributed by atoms with Crippen molar-refractivity contribution in [2.45, 2.75) is 18.8 Å². The van der Waals surface area contributed by atoms with Gasteiger partial charge < -0.3 is 20.6 Å². The molecule has 11 heteroatoms. The van der Waals surface area contributed by atoms with E-state index in [1.807, 2.05) is 36.4 Å². The zero-order valence-corrected chi connectivity index (χ0v) is 19.2. The molecule has 5 rings (SSSR count). The number of rotatable bonds is 7. The van der Waals surface area contributed by atoms with Gasteiger partial charge in [0.15, 0.2) is 0 Å². The number of carbonyl (C=O) groups excluding carboxylic acids is 3. The van der Waals surface area contributed by atoms with Gasteiger partial charge >= 0.3 is 6.16 Å². The summed E-state index contributed by atoms with van der Waals surface area (Å²) in [6.45, 7) is -0.0340. The van der Waals surface area contributed by atoms with Gasteiger partial charge in [-0.1, -0.05) is 30.3 Å². The van der Waals surface area contributed by atoms with Crippen LogP contribution in [0.4, 0.5) is 10.5 Å². The molecule has 4 N–H and O–H groups in total. The van der Waals surface area contributed by atoms with Crippen molar-refractivity contribution in [3.63, 3.8) is 0 Å². The Labute approximate surface area is 209 Å². The van der Waals surface area contributed by atoms with E-state index in [1.165, 1.54) is 6.07 Å². The molecule has 188 valence electrons. The van der Waals surface area contributed by atoms with Crippen LogP contribution >= 0.6 is 0 Å². The van der Waals surface area contributed by atoms with Crippen molar-refractivity contribution >= 4 is 29.6 Å². The summed E-state index contributed by atoms with van der Waals surface area (Å²) in [4.78, 5) is 52.2. The number of hydrogen-bond donors (Lipinski definition) is 4. The summed E-state index contributed by atoms with van der Waals surface area (Å²) in [5, 5.41) is 32.2. The van der Waals surface area contributed by atoms with Crippen LogP contribution in [-0.2, 0) is 20.8 Å². The molecule has 0 spiro atoms. The fourth-order valence-corrected chi connectivity index (χ4v) is 4.75. The van der Waals surface area contributed by atoms with Crippen molar-refractivity contribution in [3.8, 4) is 22.9 Å². The Bertz CT molecular complexity index is 1470. The van der Waals surface area contributed by atoms with Crippen molar-refractivity contribution in [1.82, 2.24) is 9.63 Å². The fraction of sp³-hybridized carbons (Fsp3) is 0.154. The molecule has 0 saturated heterocycles. The number of fused-ring (bicyclic) bond motifs is 3. The molecule has 0 bridgehead atoms. The topological polar surface area (TPSA) is 158 Å². The Morgan fingerprint density at radius 3 is 2.38 bits per heavy atom. The van der Waals surface area contributed by atoms with Crippen molar-refractivity contribution in [1.29, 1.82) is 0 Å². The van der Waals surface area contributed by atoms with Crippen LogP contribution in [0.5, 0.6) is 11.8 Å². The summed E-state index contributed by atoms with van der Waals surface area (Å²) in [6, 6.07) is 14.4. The van der Waals surface area contributed by atoms with Gasteiger partial charge in [0.05, 0.1) is 0 Å². The van der Waals surface area contributed by atoms with Crippen LogP contribution in [0.1, 0.15) is 29.0 Å². The van der Waals surface area contributed by atoms with Crippen LogP contribution in [0.2, 0.25) is 0 Å². The van der Waals surface area contributed by atoms with Crippen LogP contribution in [-0.4, -0.2) is 55.4 Å².